The van der Waals surface area contributed by atoms with Crippen molar-refractivity contribution in [1.82, 2.24) is 5.32 Å². The topological polar surface area (TPSA) is 50.4 Å². The molecule has 0 saturated heterocycles. The Morgan fingerprint density at radius 1 is 1.50 bits per heavy atom. The van der Waals surface area contributed by atoms with Crippen molar-refractivity contribution < 1.29 is 9.53 Å². The third-order valence-corrected chi connectivity index (χ3v) is 3.19. The van der Waals surface area contributed by atoms with E-state index in [-0.39, 0.29) is 11.9 Å². The van der Waals surface area contributed by atoms with E-state index in [1.807, 2.05) is 6.92 Å². The Labute approximate surface area is 112 Å². The summed E-state index contributed by atoms with van der Waals surface area (Å²) >= 11 is 6.07. The van der Waals surface area contributed by atoms with Gasteiger partial charge in [0.1, 0.15) is 11.8 Å². The van der Waals surface area contributed by atoms with E-state index in [4.69, 9.17) is 16.3 Å². The largest absolute Gasteiger partial charge is 0.497 e. The zero-order chi connectivity index (χ0) is 13.1. The van der Waals surface area contributed by atoms with Crippen molar-refractivity contribution in [3.05, 3.63) is 23.2 Å². The van der Waals surface area contributed by atoms with Gasteiger partial charge in [-0.05, 0) is 31.9 Å². The van der Waals surface area contributed by atoms with Gasteiger partial charge in [-0.2, -0.15) is 0 Å². The Kier molecular flexibility index (Phi) is 3.97. The smallest absolute Gasteiger partial charge is 0.242 e. The maximum absolute atomic E-state index is 11.8. The minimum Gasteiger partial charge on any atom is -0.497 e. The lowest BCUT2D eigenvalue weighted by atomic mass is 10.2. The highest BCUT2D eigenvalue weighted by atomic mass is 35.5. The van der Waals surface area contributed by atoms with Gasteiger partial charge in [0.15, 0.2) is 0 Å². The lowest BCUT2D eigenvalue weighted by molar-refractivity contribution is -0.121. The number of ether oxygens (including phenoxy) is 1. The van der Waals surface area contributed by atoms with Crippen molar-refractivity contribution in [2.24, 2.45) is 0 Å². The molecule has 0 radical (unpaired) electrons. The van der Waals surface area contributed by atoms with Crippen LogP contribution in [-0.2, 0) is 4.79 Å². The van der Waals surface area contributed by atoms with Crippen molar-refractivity contribution >= 4 is 23.2 Å². The molecule has 1 saturated carbocycles. The maximum Gasteiger partial charge on any atom is 0.242 e. The first-order valence-electron chi connectivity index (χ1n) is 6.00. The highest BCUT2D eigenvalue weighted by molar-refractivity contribution is 6.33. The molecule has 5 heteroatoms. The summed E-state index contributed by atoms with van der Waals surface area (Å²) in [5, 5.41) is 6.61. The number of methoxy groups -OCH3 is 1. The zero-order valence-electron chi connectivity index (χ0n) is 10.5. The average Bonchev–Trinajstić information content (AvgIpc) is 3.15. The third-order valence-electron chi connectivity index (χ3n) is 2.86. The summed E-state index contributed by atoms with van der Waals surface area (Å²) < 4.78 is 5.13. The molecule has 98 valence electrons. The zero-order valence-corrected chi connectivity index (χ0v) is 11.3. The molecule has 0 aromatic heterocycles. The van der Waals surface area contributed by atoms with E-state index in [9.17, 15) is 4.79 Å². The molecule has 1 aromatic carbocycles. The number of hydrogen-bond acceptors (Lipinski definition) is 3. The molecule has 0 aliphatic heterocycles. The van der Waals surface area contributed by atoms with Crippen LogP contribution in [-0.4, -0.2) is 25.1 Å². The number of hydrogen-bond donors (Lipinski definition) is 2. The molecule has 2 rings (SSSR count). The van der Waals surface area contributed by atoms with E-state index < -0.39 is 0 Å². The minimum atomic E-state index is -0.324. The molecule has 1 aliphatic rings. The Morgan fingerprint density at radius 3 is 2.83 bits per heavy atom. The highest BCUT2D eigenvalue weighted by Gasteiger charge is 2.25. The Bertz CT molecular complexity index is 447. The summed E-state index contributed by atoms with van der Waals surface area (Å²) in [4.78, 5) is 11.8. The van der Waals surface area contributed by atoms with Gasteiger partial charge in [0, 0.05) is 12.1 Å². The van der Waals surface area contributed by atoms with Gasteiger partial charge in [0.25, 0.3) is 0 Å². The molecule has 2 N–H and O–H groups in total. The third kappa shape index (κ3) is 3.29. The summed E-state index contributed by atoms with van der Waals surface area (Å²) in [6, 6.07) is 5.35. The van der Waals surface area contributed by atoms with Gasteiger partial charge in [0.2, 0.25) is 5.91 Å². The van der Waals surface area contributed by atoms with Crippen molar-refractivity contribution in [1.29, 1.82) is 0 Å². The first kappa shape index (κ1) is 13.0. The van der Waals surface area contributed by atoms with E-state index in [2.05, 4.69) is 10.6 Å². The van der Waals surface area contributed by atoms with E-state index in [0.717, 1.165) is 12.8 Å². The fourth-order valence-corrected chi connectivity index (χ4v) is 1.77. The molecular formula is C13H17ClN2O2. The second kappa shape index (κ2) is 5.48. The molecule has 18 heavy (non-hydrogen) atoms. The van der Waals surface area contributed by atoms with Crippen molar-refractivity contribution in [3.8, 4) is 5.75 Å². The fraction of sp³-hybridized carbons (Fsp3) is 0.462. The van der Waals surface area contributed by atoms with Crippen LogP contribution in [0.15, 0.2) is 18.2 Å². The number of amides is 1. The van der Waals surface area contributed by atoms with Crippen LogP contribution in [0.25, 0.3) is 0 Å². The van der Waals surface area contributed by atoms with Gasteiger partial charge in [-0.25, -0.2) is 0 Å². The Hall–Kier alpha value is -1.42. The predicted molar refractivity (Wildman–Crippen MR) is 72.3 cm³/mol. The Balaban J connectivity index is 2.00. The van der Waals surface area contributed by atoms with Gasteiger partial charge in [-0.15, -0.1) is 0 Å². The second-order valence-corrected chi connectivity index (χ2v) is 4.90. The number of benzene rings is 1. The first-order valence-corrected chi connectivity index (χ1v) is 6.38. The van der Waals surface area contributed by atoms with E-state index in [1.165, 1.54) is 0 Å². The summed E-state index contributed by atoms with van der Waals surface area (Å²) in [5.74, 6) is 0.702. The van der Waals surface area contributed by atoms with Gasteiger partial charge in [-0.3, -0.25) is 4.79 Å². The van der Waals surface area contributed by atoms with Crippen LogP contribution in [0, 0.1) is 0 Å². The monoisotopic (exact) mass is 268 g/mol. The number of carbonyl (C=O) groups is 1. The van der Waals surface area contributed by atoms with Gasteiger partial charge in [-0.1, -0.05) is 11.6 Å². The summed E-state index contributed by atoms with van der Waals surface area (Å²) in [6.45, 7) is 1.81. The van der Waals surface area contributed by atoms with Crippen molar-refractivity contribution in [2.75, 3.05) is 12.4 Å². The van der Waals surface area contributed by atoms with Crippen LogP contribution < -0.4 is 15.4 Å². The number of anilines is 1. The number of carbonyl (C=O) groups excluding carboxylic acids is 1. The number of nitrogens with one attached hydrogen (secondary N) is 2. The molecule has 0 spiro atoms. The van der Waals surface area contributed by atoms with E-state index >= 15 is 0 Å². The van der Waals surface area contributed by atoms with Gasteiger partial charge >= 0.3 is 0 Å². The van der Waals surface area contributed by atoms with Crippen LogP contribution in [0.5, 0.6) is 5.75 Å². The molecular weight excluding hydrogens is 252 g/mol. The standard InChI is InChI=1S/C13H17ClN2O2/c1-8(13(17)16-9-3-4-9)15-12-7-10(18-2)5-6-11(12)14/h5-9,15H,3-4H2,1-2H3,(H,16,17). The summed E-state index contributed by atoms with van der Waals surface area (Å²) in [5.41, 5.74) is 0.703. The van der Waals surface area contributed by atoms with E-state index in [1.54, 1.807) is 25.3 Å². The molecule has 1 atom stereocenters. The first-order chi connectivity index (χ1) is 8.60. The lowest BCUT2D eigenvalue weighted by Crippen LogP contribution is -2.38. The van der Waals surface area contributed by atoms with Crippen LogP contribution in [0.4, 0.5) is 5.69 Å². The summed E-state index contributed by atoms with van der Waals surface area (Å²) in [6.07, 6.45) is 2.16. The van der Waals surface area contributed by atoms with Crippen LogP contribution >= 0.6 is 11.6 Å². The molecule has 1 amide bonds. The average molecular weight is 269 g/mol. The molecule has 1 unspecified atom stereocenters. The number of halogens is 1. The number of rotatable bonds is 5. The fourth-order valence-electron chi connectivity index (χ4n) is 1.59. The van der Waals surface area contributed by atoms with Crippen LogP contribution in [0.3, 0.4) is 0 Å². The molecule has 1 aliphatic carbocycles. The van der Waals surface area contributed by atoms with Crippen LogP contribution in [0.2, 0.25) is 5.02 Å². The van der Waals surface area contributed by atoms with Crippen molar-refractivity contribution in [2.45, 2.75) is 31.8 Å². The normalized spacial score (nSPS) is 15.9. The quantitative estimate of drug-likeness (QED) is 0.862. The Morgan fingerprint density at radius 2 is 2.22 bits per heavy atom. The molecule has 4 nitrogen and oxygen atoms in total. The highest BCUT2D eigenvalue weighted by Crippen LogP contribution is 2.27. The molecule has 1 fully saturated rings. The predicted octanol–water partition coefficient (Wildman–Crippen LogP) is 2.43. The molecule has 1 aromatic rings. The van der Waals surface area contributed by atoms with E-state index in [0.29, 0.717) is 22.5 Å². The molecule has 0 bridgehead atoms. The lowest BCUT2D eigenvalue weighted by Gasteiger charge is -2.16. The molecule has 0 heterocycles. The SMILES string of the molecule is COc1ccc(Cl)c(NC(C)C(=O)NC2CC2)c1. The maximum atomic E-state index is 11.8. The summed E-state index contributed by atoms with van der Waals surface area (Å²) in [7, 11) is 1.59. The van der Waals surface area contributed by atoms with Crippen LogP contribution in [0.1, 0.15) is 19.8 Å². The van der Waals surface area contributed by atoms with Crippen molar-refractivity contribution in [3.63, 3.8) is 0 Å². The van der Waals surface area contributed by atoms with Gasteiger partial charge < -0.3 is 15.4 Å². The van der Waals surface area contributed by atoms with Gasteiger partial charge in [0.05, 0.1) is 17.8 Å². The second-order valence-electron chi connectivity index (χ2n) is 4.49. The minimum absolute atomic E-state index is 0.00335.